The number of hydrogen-bond donors (Lipinski definition) is 1. The smallest absolute Gasteiger partial charge is 0.147 e. The number of piperazine rings is 1. The SMILES string of the molecule is C[C@@H]1CNCCN1c1cnccn1. The second kappa shape index (κ2) is 3.70. The lowest BCUT2D eigenvalue weighted by molar-refractivity contribution is 0.496. The average Bonchev–Trinajstić information content (AvgIpc) is 2.20. The van der Waals surface area contributed by atoms with Gasteiger partial charge in [-0.25, -0.2) is 4.98 Å². The summed E-state index contributed by atoms with van der Waals surface area (Å²) in [4.78, 5) is 10.6. The molecule has 1 aromatic rings. The molecule has 1 atom stereocenters. The maximum Gasteiger partial charge on any atom is 0.147 e. The van der Waals surface area contributed by atoms with E-state index in [0.717, 1.165) is 25.5 Å². The summed E-state index contributed by atoms with van der Waals surface area (Å²) in [6.45, 7) is 5.26. The average molecular weight is 178 g/mol. The van der Waals surface area contributed by atoms with Crippen LogP contribution in [0.3, 0.4) is 0 Å². The third kappa shape index (κ3) is 1.78. The van der Waals surface area contributed by atoms with E-state index in [-0.39, 0.29) is 0 Å². The first-order chi connectivity index (χ1) is 6.38. The minimum atomic E-state index is 0.505. The highest BCUT2D eigenvalue weighted by molar-refractivity contribution is 5.37. The van der Waals surface area contributed by atoms with Crippen LogP contribution in [0.4, 0.5) is 5.82 Å². The molecule has 70 valence electrons. The number of rotatable bonds is 1. The van der Waals surface area contributed by atoms with Gasteiger partial charge in [0.05, 0.1) is 6.20 Å². The maximum absolute atomic E-state index is 4.29. The molecule has 0 bridgehead atoms. The molecule has 4 nitrogen and oxygen atoms in total. The summed E-state index contributed by atoms with van der Waals surface area (Å²) in [7, 11) is 0. The second-order valence-electron chi connectivity index (χ2n) is 3.31. The zero-order chi connectivity index (χ0) is 9.10. The van der Waals surface area contributed by atoms with Crippen LogP contribution in [-0.4, -0.2) is 35.6 Å². The van der Waals surface area contributed by atoms with Crippen LogP contribution in [0.15, 0.2) is 18.6 Å². The van der Waals surface area contributed by atoms with Gasteiger partial charge in [0, 0.05) is 38.1 Å². The van der Waals surface area contributed by atoms with Gasteiger partial charge in [0.25, 0.3) is 0 Å². The van der Waals surface area contributed by atoms with E-state index in [0.29, 0.717) is 6.04 Å². The van der Waals surface area contributed by atoms with Gasteiger partial charge in [-0.2, -0.15) is 0 Å². The van der Waals surface area contributed by atoms with E-state index in [9.17, 15) is 0 Å². The predicted octanol–water partition coefficient (Wildman–Crippen LogP) is 0.275. The molecule has 0 unspecified atom stereocenters. The van der Waals surface area contributed by atoms with E-state index in [1.807, 2.05) is 6.20 Å². The summed E-state index contributed by atoms with van der Waals surface area (Å²) in [5.74, 6) is 0.983. The van der Waals surface area contributed by atoms with E-state index in [4.69, 9.17) is 0 Å². The van der Waals surface area contributed by atoms with Gasteiger partial charge in [-0.1, -0.05) is 0 Å². The molecule has 1 aromatic heterocycles. The summed E-state index contributed by atoms with van der Waals surface area (Å²) in [5, 5.41) is 3.34. The first kappa shape index (κ1) is 8.44. The Morgan fingerprint density at radius 1 is 1.54 bits per heavy atom. The third-order valence-corrected chi connectivity index (χ3v) is 2.35. The van der Waals surface area contributed by atoms with Crippen LogP contribution in [-0.2, 0) is 0 Å². The Morgan fingerprint density at radius 3 is 3.15 bits per heavy atom. The van der Waals surface area contributed by atoms with Crippen LogP contribution in [0, 0.1) is 0 Å². The Balaban J connectivity index is 2.15. The van der Waals surface area contributed by atoms with Gasteiger partial charge in [-0.05, 0) is 6.92 Å². The van der Waals surface area contributed by atoms with Crippen molar-refractivity contribution in [2.75, 3.05) is 24.5 Å². The molecule has 1 aliphatic heterocycles. The fraction of sp³-hybridized carbons (Fsp3) is 0.556. The zero-order valence-electron chi connectivity index (χ0n) is 7.77. The molecule has 0 amide bonds. The van der Waals surface area contributed by atoms with Crippen molar-refractivity contribution in [1.29, 1.82) is 0 Å². The summed E-state index contributed by atoms with van der Waals surface area (Å²) in [5.41, 5.74) is 0. The standard InChI is InChI=1S/C9H14N4/c1-8-6-11-4-5-13(8)9-7-10-2-3-12-9/h2-3,7-8,11H,4-6H2,1H3/t8-/m1/s1. The number of anilines is 1. The van der Waals surface area contributed by atoms with Crippen molar-refractivity contribution in [3.05, 3.63) is 18.6 Å². The first-order valence-corrected chi connectivity index (χ1v) is 4.61. The van der Waals surface area contributed by atoms with Crippen LogP contribution in [0.1, 0.15) is 6.92 Å². The van der Waals surface area contributed by atoms with E-state index in [2.05, 4.69) is 27.1 Å². The molecule has 0 radical (unpaired) electrons. The number of hydrogen-bond acceptors (Lipinski definition) is 4. The fourth-order valence-corrected chi connectivity index (χ4v) is 1.62. The highest BCUT2D eigenvalue weighted by Crippen LogP contribution is 2.12. The molecule has 1 aliphatic rings. The van der Waals surface area contributed by atoms with Crippen molar-refractivity contribution in [3.8, 4) is 0 Å². The van der Waals surface area contributed by atoms with Crippen molar-refractivity contribution in [2.45, 2.75) is 13.0 Å². The molecule has 2 heterocycles. The van der Waals surface area contributed by atoms with Crippen molar-refractivity contribution in [2.24, 2.45) is 0 Å². The second-order valence-corrected chi connectivity index (χ2v) is 3.31. The Labute approximate surface area is 78.0 Å². The van der Waals surface area contributed by atoms with Crippen LogP contribution >= 0.6 is 0 Å². The largest absolute Gasteiger partial charge is 0.350 e. The lowest BCUT2D eigenvalue weighted by atomic mass is 10.2. The number of aromatic nitrogens is 2. The van der Waals surface area contributed by atoms with Gasteiger partial charge in [-0.3, -0.25) is 4.98 Å². The molecular formula is C9H14N4. The Hall–Kier alpha value is -1.16. The monoisotopic (exact) mass is 178 g/mol. The first-order valence-electron chi connectivity index (χ1n) is 4.61. The molecule has 13 heavy (non-hydrogen) atoms. The summed E-state index contributed by atoms with van der Waals surface area (Å²) < 4.78 is 0. The molecule has 1 fully saturated rings. The molecular weight excluding hydrogens is 164 g/mol. The molecule has 4 heteroatoms. The third-order valence-electron chi connectivity index (χ3n) is 2.35. The van der Waals surface area contributed by atoms with Crippen molar-refractivity contribution < 1.29 is 0 Å². The Bertz CT molecular complexity index is 262. The van der Waals surface area contributed by atoms with Gasteiger partial charge in [0.15, 0.2) is 0 Å². The summed E-state index contributed by atoms with van der Waals surface area (Å²) in [6, 6.07) is 0.505. The Morgan fingerprint density at radius 2 is 2.46 bits per heavy atom. The maximum atomic E-state index is 4.29. The minimum Gasteiger partial charge on any atom is -0.350 e. The molecule has 1 saturated heterocycles. The fourth-order valence-electron chi connectivity index (χ4n) is 1.62. The van der Waals surface area contributed by atoms with Crippen molar-refractivity contribution in [3.63, 3.8) is 0 Å². The summed E-state index contributed by atoms with van der Waals surface area (Å²) >= 11 is 0. The van der Waals surface area contributed by atoms with Crippen LogP contribution in [0.25, 0.3) is 0 Å². The van der Waals surface area contributed by atoms with E-state index < -0.39 is 0 Å². The highest BCUT2D eigenvalue weighted by atomic mass is 15.3. The van der Waals surface area contributed by atoms with Gasteiger partial charge in [0.2, 0.25) is 0 Å². The van der Waals surface area contributed by atoms with E-state index >= 15 is 0 Å². The lowest BCUT2D eigenvalue weighted by Gasteiger charge is -2.34. The van der Waals surface area contributed by atoms with Crippen LogP contribution < -0.4 is 10.2 Å². The molecule has 0 spiro atoms. The van der Waals surface area contributed by atoms with Crippen LogP contribution in [0.2, 0.25) is 0 Å². The molecule has 1 N–H and O–H groups in total. The zero-order valence-corrected chi connectivity index (χ0v) is 7.77. The minimum absolute atomic E-state index is 0.505. The van der Waals surface area contributed by atoms with Crippen molar-refractivity contribution in [1.82, 2.24) is 15.3 Å². The van der Waals surface area contributed by atoms with Gasteiger partial charge >= 0.3 is 0 Å². The normalized spacial score (nSPS) is 23.2. The number of nitrogens with one attached hydrogen (secondary N) is 1. The molecule has 2 rings (SSSR count). The quantitative estimate of drug-likeness (QED) is 0.670. The van der Waals surface area contributed by atoms with Gasteiger partial charge < -0.3 is 10.2 Å². The predicted molar refractivity (Wildman–Crippen MR) is 51.7 cm³/mol. The van der Waals surface area contributed by atoms with Gasteiger partial charge in [-0.15, -0.1) is 0 Å². The molecule has 0 aromatic carbocycles. The number of nitrogens with zero attached hydrogens (tertiary/aromatic N) is 3. The van der Waals surface area contributed by atoms with Gasteiger partial charge in [0.1, 0.15) is 5.82 Å². The highest BCUT2D eigenvalue weighted by Gasteiger charge is 2.18. The van der Waals surface area contributed by atoms with Crippen molar-refractivity contribution >= 4 is 5.82 Å². The molecule has 0 aliphatic carbocycles. The molecule has 0 saturated carbocycles. The van der Waals surface area contributed by atoms with E-state index in [1.165, 1.54) is 0 Å². The topological polar surface area (TPSA) is 41.0 Å². The van der Waals surface area contributed by atoms with Crippen LogP contribution in [0.5, 0.6) is 0 Å². The summed E-state index contributed by atoms with van der Waals surface area (Å²) in [6.07, 6.45) is 5.27. The lowest BCUT2D eigenvalue weighted by Crippen LogP contribution is -2.50. The van der Waals surface area contributed by atoms with E-state index in [1.54, 1.807) is 12.4 Å². The Kier molecular flexibility index (Phi) is 2.40.